The molecule has 0 unspecified atom stereocenters. The third-order valence-electron chi connectivity index (χ3n) is 1.93. The van der Waals surface area contributed by atoms with Crippen molar-refractivity contribution in [2.45, 2.75) is 62.3 Å². The predicted molar refractivity (Wildman–Crippen MR) is 83.4 cm³/mol. The van der Waals surface area contributed by atoms with Crippen molar-refractivity contribution < 1.29 is 0 Å². The van der Waals surface area contributed by atoms with E-state index in [1.807, 2.05) is 0 Å². The van der Waals surface area contributed by atoms with Gasteiger partial charge in [0, 0.05) is 11.0 Å². The van der Waals surface area contributed by atoms with Crippen LogP contribution in [0.4, 0.5) is 0 Å². The Bertz CT molecular complexity index is 373. The Morgan fingerprint density at radius 2 is 1.28 bits per heavy atom. The maximum atomic E-state index is 3.31. The topological polar surface area (TPSA) is 0 Å². The van der Waals surface area contributed by atoms with E-state index >= 15 is 0 Å². The van der Waals surface area contributed by atoms with Gasteiger partial charge in [-0.15, -0.1) is 0 Å². The van der Waals surface area contributed by atoms with Gasteiger partial charge in [-0.3, -0.25) is 0 Å². The molecule has 0 amide bonds. The molecule has 0 saturated heterocycles. The molecule has 0 rings (SSSR count). The van der Waals surface area contributed by atoms with E-state index in [4.69, 9.17) is 0 Å². The average molecular weight is 246 g/mol. The predicted octanol–water partition coefficient (Wildman–Crippen LogP) is 5.61. The van der Waals surface area contributed by atoms with Crippen LogP contribution < -0.4 is 0 Å². The SMILES string of the molecule is CC(C)(C)C#CC(/C=C\C(C)(C)C)=C\C(C)(C)C. The van der Waals surface area contributed by atoms with Crippen LogP contribution in [0.25, 0.3) is 0 Å². The third kappa shape index (κ3) is 11.5. The second kappa shape index (κ2) is 5.79. The van der Waals surface area contributed by atoms with E-state index in [-0.39, 0.29) is 16.2 Å². The maximum absolute atomic E-state index is 3.31. The van der Waals surface area contributed by atoms with Crippen molar-refractivity contribution in [2.75, 3.05) is 0 Å². The lowest BCUT2D eigenvalue weighted by Crippen LogP contribution is -2.03. The summed E-state index contributed by atoms with van der Waals surface area (Å²) in [5.74, 6) is 6.62. The second-order valence-electron chi connectivity index (χ2n) is 8.17. The molecule has 0 aromatic carbocycles. The van der Waals surface area contributed by atoms with E-state index in [0.717, 1.165) is 5.57 Å². The first-order valence-electron chi connectivity index (χ1n) is 6.74. The molecular weight excluding hydrogens is 216 g/mol. The Hall–Kier alpha value is -0.960. The molecule has 0 aliphatic carbocycles. The number of rotatable bonds is 1. The van der Waals surface area contributed by atoms with Gasteiger partial charge in [0.15, 0.2) is 0 Å². The van der Waals surface area contributed by atoms with Gasteiger partial charge in [0.1, 0.15) is 0 Å². The molecule has 0 bridgehead atoms. The Balaban J connectivity index is 5.28. The first-order chi connectivity index (χ1) is 7.79. The van der Waals surface area contributed by atoms with Crippen molar-refractivity contribution in [3.8, 4) is 11.8 Å². The summed E-state index contributed by atoms with van der Waals surface area (Å²) >= 11 is 0. The Morgan fingerprint density at radius 3 is 1.61 bits per heavy atom. The van der Waals surface area contributed by atoms with Gasteiger partial charge in [0.2, 0.25) is 0 Å². The van der Waals surface area contributed by atoms with Crippen molar-refractivity contribution in [1.29, 1.82) is 0 Å². The third-order valence-corrected chi connectivity index (χ3v) is 1.93. The van der Waals surface area contributed by atoms with Crippen LogP contribution in [0.5, 0.6) is 0 Å². The second-order valence-corrected chi connectivity index (χ2v) is 8.17. The molecule has 0 aromatic heterocycles. The average Bonchev–Trinajstić information content (AvgIpc) is 2.05. The van der Waals surface area contributed by atoms with Gasteiger partial charge >= 0.3 is 0 Å². The first kappa shape index (κ1) is 17.0. The van der Waals surface area contributed by atoms with E-state index < -0.39 is 0 Å². The molecule has 0 fully saturated rings. The monoisotopic (exact) mass is 246 g/mol. The van der Waals surface area contributed by atoms with E-state index in [1.165, 1.54) is 0 Å². The van der Waals surface area contributed by atoms with Crippen LogP contribution in [-0.4, -0.2) is 0 Å². The van der Waals surface area contributed by atoms with Crippen LogP contribution >= 0.6 is 0 Å². The molecule has 0 N–H and O–H groups in total. The summed E-state index contributed by atoms with van der Waals surface area (Å²) in [6.07, 6.45) is 6.62. The summed E-state index contributed by atoms with van der Waals surface area (Å²) in [5.41, 5.74) is 1.52. The molecule has 0 saturated carbocycles. The minimum Gasteiger partial charge on any atom is -0.0920 e. The maximum Gasteiger partial charge on any atom is 0.0234 e. The smallest absolute Gasteiger partial charge is 0.0234 e. The minimum atomic E-state index is 0.0482. The zero-order valence-corrected chi connectivity index (χ0v) is 13.7. The fourth-order valence-electron chi connectivity index (χ4n) is 1.19. The van der Waals surface area contributed by atoms with Crippen LogP contribution in [0.2, 0.25) is 0 Å². The summed E-state index contributed by atoms with van der Waals surface area (Å²) in [5, 5.41) is 0. The highest BCUT2D eigenvalue weighted by Crippen LogP contribution is 2.21. The number of hydrogen-bond donors (Lipinski definition) is 0. The lowest BCUT2D eigenvalue weighted by molar-refractivity contribution is 0.538. The molecule has 0 aliphatic rings. The van der Waals surface area contributed by atoms with Crippen molar-refractivity contribution in [3.05, 3.63) is 23.8 Å². The Labute approximate surface area is 115 Å². The molecule has 0 atom stereocenters. The van der Waals surface area contributed by atoms with Gasteiger partial charge < -0.3 is 0 Å². The Kier molecular flexibility index (Phi) is 5.48. The van der Waals surface area contributed by atoms with Crippen molar-refractivity contribution in [2.24, 2.45) is 16.2 Å². The molecule has 0 heterocycles. The largest absolute Gasteiger partial charge is 0.0920 e. The molecule has 0 aromatic rings. The van der Waals surface area contributed by atoms with Crippen LogP contribution in [0.15, 0.2) is 23.8 Å². The molecule has 0 nitrogen and oxygen atoms in total. The highest BCUT2D eigenvalue weighted by molar-refractivity contribution is 5.40. The summed E-state index contributed by atoms with van der Waals surface area (Å²) in [6.45, 7) is 19.6. The summed E-state index contributed by atoms with van der Waals surface area (Å²) < 4.78 is 0. The molecule has 0 radical (unpaired) electrons. The molecule has 18 heavy (non-hydrogen) atoms. The van der Waals surface area contributed by atoms with Crippen molar-refractivity contribution in [1.82, 2.24) is 0 Å². The van der Waals surface area contributed by atoms with Gasteiger partial charge in [-0.25, -0.2) is 0 Å². The van der Waals surface area contributed by atoms with Crippen LogP contribution in [0, 0.1) is 28.1 Å². The summed E-state index contributed by atoms with van der Waals surface area (Å²) in [4.78, 5) is 0. The zero-order valence-electron chi connectivity index (χ0n) is 13.7. The molecule has 0 heteroatoms. The van der Waals surface area contributed by atoms with E-state index in [9.17, 15) is 0 Å². The van der Waals surface area contributed by atoms with Gasteiger partial charge in [-0.2, -0.15) is 0 Å². The lowest BCUT2D eigenvalue weighted by Gasteiger charge is -2.15. The minimum absolute atomic E-state index is 0.0482. The van der Waals surface area contributed by atoms with Crippen molar-refractivity contribution in [3.63, 3.8) is 0 Å². The van der Waals surface area contributed by atoms with Crippen LogP contribution in [0.3, 0.4) is 0 Å². The zero-order chi connectivity index (χ0) is 14.6. The summed E-state index contributed by atoms with van der Waals surface area (Å²) in [7, 11) is 0. The Morgan fingerprint density at radius 1 is 0.778 bits per heavy atom. The van der Waals surface area contributed by atoms with Gasteiger partial charge in [0.25, 0.3) is 0 Å². The highest BCUT2D eigenvalue weighted by atomic mass is 14.1. The fourth-order valence-corrected chi connectivity index (χ4v) is 1.19. The molecule has 0 aliphatic heterocycles. The van der Waals surface area contributed by atoms with E-state index in [0.29, 0.717) is 0 Å². The highest BCUT2D eigenvalue weighted by Gasteiger charge is 2.09. The van der Waals surface area contributed by atoms with E-state index in [1.54, 1.807) is 0 Å². The van der Waals surface area contributed by atoms with Gasteiger partial charge in [-0.1, -0.05) is 71.6 Å². The molecule has 0 spiro atoms. The normalized spacial score (nSPS) is 14.6. The van der Waals surface area contributed by atoms with E-state index in [2.05, 4.69) is 92.4 Å². The quantitative estimate of drug-likeness (QED) is 0.416. The van der Waals surface area contributed by atoms with Crippen LogP contribution in [0.1, 0.15) is 62.3 Å². The molecular formula is C18H30. The number of allylic oxidation sites excluding steroid dienone is 4. The fraction of sp³-hybridized carbons (Fsp3) is 0.667. The van der Waals surface area contributed by atoms with Gasteiger partial charge in [-0.05, 0) is 31.6 Å². The summed E-state index contributed by atoms with van der Waals surface area (Å²) in [6, 6.07) is 0. The standard InChI is InChI=1S/C18H30/c1-16(2,3)12-10-15(14-18(7,8)9)11-13-17(4,5)6/h10,12,14H,1-9H3/b12-10-,15-14-. The number of hydrogen-bond acceptors (Lipinski definition) is 0. The lowest BCUT2D eigenvalue weighted by atomic mass is 9.90. The van der Waals surface area contributed by atoms with Crippen molar-refractivity contribution >= 4 is 0 Å². The van der Waals surface area contributed by atoms with Crippen LogP contribution in [-0.2, 0) is 0 Å². The van der Waals surface area contributed by atoms with Gasteiger partial charge in [0.05, 0.1) is 0 Å². The first-order valence-corrected chi connectivity index (χ1v) is 6.74. The molecule has 102 valence electrons.